The zero-order chi connectivity index (χ0) is 12.4. The number of hydrogen-bond donors (Lipinski definition) is 2. The van der Waals surface area contributed by atoms with Crippen LogP contribution in [0.5, 0.6) is 0 Å². The van der Waals surface area contributed by atoms with Crippen molar-refractivity contribution in [2.75, 3.05) is 5.73 Å². The first kappa shape index (κ1) is 11.8. The van der Waals surface area contributed by atoms with Crippen LogP contribution in [0.1, 0.15) is 15.4 Å². The van der Waals surface area contributed by atoms with Gasteiger partial charge in [0.05, 0.1) is 17.4 Å². The molecule has 0 saturated carbocycles. The molecule has 0 saturated heterocycles. The molecule has 0 atom stereocenters. The summed E-state index contributed by atoms with van der Waals surface area (Å²) >= 11 is 2.67. The Hall–Kier alpha value is -1.67. The number of nitrogens with zero attached hydrogens (tertiary/aromatic N) is 3. The Morgan fingerprint density at radius 2 is 2.24 bits per heavy atom. The highest BCUT2D eigenvalue weighted by Crippen LogP contribution is 2.31. The number of aromatic nitrogens is 3. The lowest BCUT2D eigenvalue weighted by molar-refractivity contribution is 0.0997. The lowest BCUT2D eigenvalue weighted by Crippen LogP contribution is -2.13. The van der Waals surface area contributed by atoms with Crippen molar-refractivity contribution < 1.29 is 4.79 Å². The number of nitrogens with two attached hydrogens (primary N) is 2. The Morgan fingerprint density at radius 1 is 1.47 bits per heavy atom. The molecule has 6 nitrogen and oxygen atoms in total. The van der Waals surface area contributed by atoms with Crippen LogP contribution in [0.3, 0.4) is 0 Å². The van der Waals surface area contributed by atoms with Crippen molar-refractivity contribution >= 4 is 34.7 Å². The molecule has 2 aromatic rings. The predicted octanol–water partition coefficient (Wildman–Crippen LogP) is 1.07. The van der Waals surface area contributed by atoms with E-state index < -0.39 is 5.91 Å². The molecule has 0 aliphatic heterocycles. The summed E-state index contributed by atoms with van der Waals surface area (Å²) in [7, 11) is 0. The van der Waals surface area contributed by atoms with Crippen molar-refractivity contribution in [3.8, 4) is 0 Å². The van der Waals surface area contributed by atoms with Crippen molar-refractivity contribution in [1.82, 2.24) is 15.2 Å². The fourth-order valence-corrected chi connectivity index (χ4v) is 2.93. The quantitative estimate of drug-likeness (QED) is 0.861. The number of carbonyl (C=O) groups excluding carboxylic acids is 1. The smallest absolute Gasteiger partial charge is 0.251 e. The van der Waals surface area contributed by atoms with E-state index in [4.69, 9.17) is 11.5 Å². The fourth-order valence-electron chi connectivity index (χ4n) is 1.13. The summed E-state index contributed by atoms with van der Waals surface area (Å²) in [6.45, 7) is 1.85. The SMILES string of the molecule is Cc1nnc(Sc2ncc(N)cc2C(N)=O)s1. The Morgan fingerprint density at radius 3 is 2.82 bits per heavy atom. The number of primary amides is 1. The molecule has 4 N–H and O–H groups in total. The fraction of sp³-hybridized carbons (Fsp3) is 0.111. The topological polar surface area (TPSA) is 108 Å². The summed E-state index contributed by atoms with van der Waals surface area (Å²) in [5.41, 5.74) is 11.5. The number of hydrogen-bond acceptors (Lipinski definition) is 7. The molecule has 17 heavy (non-hydrogen) atoms. The van der Waals surface area contributed by atoms with Gasteiger partial charge in [0.15, 0.2) is 4.34 Å². The highest BCUT2D eigenvalue weighted by molar-refractivity contribution is 8.01. The van der Waals surface area contributed by atoms with E-state index >= 15 is 0 Å². The van der Waals surface area contributed by atoms with Crippen LogP contribution in [-0.2, 0) is 0 Å². The van der Waals surface area contributed by atoms with Gasteiger partial charge in [-0.1, -0.05) is 11.3 Å². The van der Waals surface area contributed by atoms with E-state index in [-0.39, 0.29) is 0 Å². The molecule has 0 aliphatic rings. The molecule has 2 aromatic heterocycles. The van der Waals surface area contributed by atoms with Crippen molar-refractivity contribution in [1.29, 1.82) is 0 Å². The third kappa shape index (κ3) is 2.71. The highest BCUT2D eigenvalue weighted by atomic mass is 32.2. The molecule has 0 aromatic carbocycles. The van der Waals surface area contributed by atoms with Crippen LogP contribution in [-0.4, -0.2) is 21.1 Å². The minimum absolute atomic E-state index is 0.294. The predicted molar refractivity (Wildman–Crippen MR) is 65.9 cm³/mol. The lowest BCUT2D eigenvalue weighted by atomic mass is 10.2. The molecule has 8 heteroatoms. The van der Waals surface area contributed by atoms with Gasteiger partial charge in [-0.25, -0.2) is 4.98 Å². The van der Waals surface area contributed by atoms with E-state index in [2.05, 4.69) is 15.2 Å². The van der Waals surface area contributed by atoms with Gasteiger partial charge in [0.25, 0.3) is 5.91 Å². The van der Waals surface area contributed by atoms with Gasteiger partial charge in [-0.15, -0.1) is 10.2 Å². The number of pyridine rings is 1. The summed E-state index contributed by atoms with van der Waals surface area (Å²) in [4.78, 5) is 15.3. The van der Waals surface area contributed by atoms with Crippen LogP contribution in [0.15, 0.2) is 21.6 Å². The Balaban J connectivity index is 2.35. The Bertz CT molecular complexity index is 568. The largest absolute Gasteiger partial charge is 0.397 e. The van der Waals surface area contributed by atoms with E-state index in [0.29, 0.717) is 20.6 Å². The van der Waals surface area contributed by atoms with Crippen molar-refractivity contribution in [2.24, 2.45) is 5.73 Å². The van der Waals surface area contributed by atoms with Gasteiger partial charge in [0, 0.05) is 0 Å². The second-order valence-electron chi connectivity index (χ2n) is 3.17. The number of anilines is 1. The monoisotopic (exact) mass is 267 g/mol. The molecule has 1 amide bonds. The van der Waals surface area contributed by atoms with Crippen LogP contribution in [0.2, 0.25) is 0 Å². The maximum absolute atomic E-state index is 11.3. The van der Waals surface area contributed by atoms with Gasteiger partial charge in [-0.2, -0.15) is 0 Å². The number of aryl methyl sites for hydroxylation is 1. The average molecular weight is 267 g/mol. The van der Waals surface area contributed by atoms with Crippen molar-refractivity contribution in [3.05, 3.63) is 22.8 Å². The summed E-state index contributed by atoms with van der Waals surface area (Å²) < 4.78 is 0.710. The molecule has 0 radical (unpaired) electrons. The minimum atomic E-state index is -0.562. The van der Waals surface area contributed by atoms with E-state index in [9.17, 15) is 4.79 Å². The van der Waals surface area contributed by atoms with E-state index in [1.165, 1.54) is 35.4 Å². The van der Waals surface area contributed by atoms with Crippen LogP contribution in [0.25, 0.3) is 0 Å². The zero-order valence-electron chi connectivity index (χ0n) is 8.88. The third-order valence-corrected chi connectivity index (χ3v) is 3.74. The second kappa shape index (κ2) is 4.68. The first-order valence-corrected chi connectivity index (χ1v) is 6.23. The maximum atomic E-state index is 11.3. The molecular formula is C9H9N5OS2. The zero-order valence-corrected chi connectivity index (χ0v) is 10.5. The van der Waals surface area contributed by atoms with Crippen molar-refractivity contribution in [2.45, 2.75) is 16.3 Å². The first-order chi connectivity index (χ1) is 8.06. The van der Waals surface area contributed by atoms with Crippen LogP contribution >= 0.6 is 23.1 Å². The van der Waals surface area contributed by atoms with E-state index in [1.807, 2.05) is 6.92 Å². The highest BCUT2D eigenvalue weighted by Gasteiger charge is 2.13. The molecule has 0 fully saturated rings. The van der Waals surface area contributed by atoms with Gasteiger partial charge in [-0.05, 0) is 24.8 Å². The molecule has 0 bridgehead atoms. The molecule has 0 aliphatic carbocycles. The van der Waals surface area contributed by atoms with Gasteiger partial charge in [0.2, 0.25) is 0 Å². The molecule has 2 heterocycles. The number of carbonyl (C=O) groups is 1. The average Bonchev–Trinajstić information content (AvgIpc) is 2.66. The van der Waals surface area contributed by atoms with Gasteiger partial charge in [-0.3, -0.25) is 4.79 Å². The van der Waals surface area contributed by atoms with E-state index in [1.54, 1.807) is 0 Å². The summed E-state index contributed by atoms with van der Waals surface area (Å²) in [6, 6.07) is 1.51. The van der Waals surface area contributed by atoms with Crippen molar-refractivity contribution in [3.63, 3.8) is 0 Å². The first-order valence-electron chi connectivity index (χ1n) is 4.59. The summed E-state index contributed by atoms with van der Waals surface area (Å²) in [5, 5.41) is 9.17. The number of rotatable bonds is 3. The number of amides is 1. The van der Waals surface area contributed by atoms with E-state index in [0.717, 1.165) is 5.01 Å². The Labute approximate surface area is 105 Å². The molecular weight excluding hydrogens is 258 g/mol. The normalized spacial score (nSPS) is 10.4. The minimum Gasteiger partial charge on any atom is -0.397 e. The maximum Gasteiger partial charge on any atom is 0.251 e. The molecule has 0 unspecified atom stereocenters. The molecule has 88 valence electrons. The summed E-state index contributed by atoms with van der Waals surface area (Å²) in [6.07, 6.45) is 1.47. The number of nitrogen functional groups attached to an aromatic ring is 1. The van der Waals surface area contributed by atoms with Crippen LogP contribution < -0.4 is 11.5 Å². The van der Waals surface area contributed by atoms with Gasteiger partial charge >= 0.3 is 0 Å². The molecule has 2 rings (SSSR count). The van der Waals surface area contributed by atoms with Crippen LogP contribution in [0.4, 0.5) is 5.69 Å². The van der Waals surface area contributed by atoms with Gasteiger partial charge in [0.1, 0.15) is 10.0 Å². The lowest BCUT2D eigenvalue weighted by Gasteiger charge is -2.03. The standard InChI is InChI=1S/C9H9N5OS2/c1-4-13-14-9(16-4)17-8-6(7(11)15)2-5(10)3-12-8/h2-3H,10H2,1H3,(H2,11,15). The third-order valence-electron chi connectivity index (χ3n) is 1.83. The Kier molecular flexibility index (Phi) is 3.25. The summed E-state index contributed by atoms with van der Waals surface area (Å²) in [5.74, 6) is -0.562. The second-order valence-corrected chi connectivity index (χ2v) is 5.59. The van der Waals surface area contributed by atoms with Gasteiger partial charge < -0.3 is 11.5 Å². The van der Waals surface area contributed by atoms with Crippen LogP contribution in [0, 0.1) is 6.92 Å². The molecule has 0 spiro atoms.